The lowest BCUT2D eigenvalue weighted by Crippen LogP contribution is -2.06. The Bertz CT molecular complexity index is 401. The van der Waals surface area contributed by atoms with Crippen LogP contribution < -0.4 is 5.73 Å². The fraction of sp³-hybridized carbons (Fsp3) is 0.333. The van der Waals surface area contributed by atoms with Crippen LogP contribution in [0.2, 0.25) is 5.02 Å². The van der Waals surface area contributed by atoms with E-state index in [9.17, 15) is 8.78 Å². The summed E-state index contributed by atoms with van der Waals surface area (Å²) in [5, 5.41) is 8.38. The zero-order valence-electron chi connectivity index (χ0n) is 7.67. The van der Waals surface area contributed by atoms with E-state index in [0.717, 1.165) is 0 Å². The third kappa shape index (κ3) is 2.61. The van der Waals surface area contributed by atoms with Crippen LogP contribution in [0.25, 0.3) is 0 Å². The topological polar surface area (TPSA) is 62.7 Å². The molecule has 0 unspecified atom stereocenters. The van der Waals surface area contributed by atoms with Crippen molar-refractivity contribution in [2.24, 2.45) is 5.73 Å². The number of halogens is 3. The Hall–Kier alpha value is -1.25. The van der Waals surface area contributed by atoms with Crippen LogP contribution in [0.4, 0.5) is 8.78 Å². The largest absolute Gasteiger partial charge is 0.325 e. The van der Waals surface area contributed by atoms with Crippen molar-refractivity contribution >= 4 is 11.6 Å². The first-order valence-corrected chi connectivity index (χ1v) is 4.51. The first kappa shape index (κ1) is 11.8. The highest BCUT2D eigenvalue weighted by Gasteiger charge is 2.19. The Labute approximate surface area is 90.5 Å². The minimum absolute atomic E-state index is 0.000417. The molecule has 0 radical (unpaired) electrons. The van der Waals surface area contributed by atoms with Crippen LogP contribution in [0.1, 0.15) is 23.4 Å². The van der Waals surface area contributed by atoms with E-state index in [2.05, 4.69) is 4.98 Å². The van der Waals surface area contributed by atoms with E-state index in [1.54, 1.807) is 6.07 Å². The molecule has 0 saturated carbocycles. The first-order chi connectivity index (χ1) is 7.10. The molecule has 15 heavy (non-hydrogen) atoms. The number of hydrogen-bond donors (Lipinski definition) is 1. The number of nitrogens with zero attached hydrogens (tertiary/aromatic N) is 2. The summed E-state index contributed by atoms with van der Waals surface area (Å²) in [7, 11) is 0. The maximum Gasteiger partial charge on any atom is 0.267 e. The van der Waals surface area contributed by atoms with Gasteiger partial charge in [-0.15, -0.1) is 0 Å². The van der Waals surface area contributed by atoms with Gasteiger partial charge in [-0.05, 0) is 6.07 Å². The average Bonchev–Trinajstić information content (AvgIpc) is 2.16. The van der Waals surface area contributed by atoms with Gasteiger partial charge in [0.15, 0.2) is 0 Å². The Balaban J connectivity index is 3.30. The van der Waals surface area contributed by atoms with Gasteiger partial charge in [0.1, 0.15) is 0 Å². The fourth-order valence-electron chi connectivity index (χ4n) is 1.17. The average molecular weight is 232 g/mol. The molecular weight excluding hydrogens is 224 g/mol. The summed E-state index contributed by atoms with van der Waals surface area (Å²) < 4.78 is 25.2. The van der Waals surface area contributed by atoms with Gasteiger partial charge in [-0.25, -0.2) is 8.78 Å². The van der Waals surface area contributed by atoms with Crippen LogP contribution in [0, 0.1) is 11.3 Å². The molecule has 0 spiro atoms. The van der Waals surface area contributed by atoms with Crippen LogP contribution >= 0.6 is 11.6 Å². The lowest BCUT2D eigenvalue weighted by Gasteiger charge is -2.09. The minimum atomic E-state index is -2.74. The smallest absolute Gasteiger partial charge is 0.267 e. The van der Waals surface area contributed by atoms with Crippen molar-refractivity contribution in [2.75, 3.05) is 0 Å². The van der Waals surface area contributed by atoms with Gasteiger partial charge < -0.3 is 5.73 Å². The van der Waals surface area contributed by atoms with Gasteiger partial charge in [-0.1, -0.05) is 11.6 Å². The molecule has 1 aromatic heterocycles. The molecule has 0 atom stereocenters. The van der Waals surface area contributed by atoms with Crippen molar-refractivity contribution in [3.05, 3.63) is 28.0 Å². The number of nitrogens with two attached hydrogens (primary N) is 1. The standard InChI is InChI=1S/C9H8ClF2N3/c10-6-3-5(4-14)15-7(1-2-13)8(6)9(11)12/h3,9H,1,4,14H2. The summed E-state index contributed by atoms with van der Waals surface area (Å²) in [5.41, 5.74) is 5.34. The van der Waals surface area contributed by atoms with Crippen molar-refractivity contribution in [2.45, 2.75) is 19.4 Å². The lowest BCUT2D eigenvalue weighted by atomic mass is 10.1. The van der Waals surface area contributed by atoms with Gasteiger partial charge in [-0.3, -0.25) is 4.98 Å². The third-order valence-electron chi connectivity index (χ3n) is 1.81. The molecule has 6 heteroatoms. The van der Waals surface area contributed by atoms with E-state index >= 15 is 0 Å². The van der Waals surface area contributed by atoms with E-state index < -0.39 is 6.43 Å². The summed E-state index contributed by atoms with van der Waals surface area (Å²) in [4.78, 5) is 3.85. The van der Waals surface area contributed by atoms with Gasteiger partial charge in [0.25, 0.3) is 6.43 Å². The highest BCUT2D eigenvalue weighted by atomic mass is 35.5. The van der Waals surface area contributed by atoms with E-state index in [-0.39, 0.29) is 29.2 Å². The number of nitriles is 1. The van der Waals surface area contributed by atoms with Gasteiger partial charge in [0.05, 0.1) is 34.5 Å². The van der Waals surface area contributed by atoms with Crippen molar-refractivity contribution in [1.82, 2.24) is 4.98 Å². The molecule has 1 heterocycles. The fourth-order valence-corrected chi connectivity index (χ4v) is 1.49. The molecule has 1 rings (SSSR count). The van der Waals surface area contributed by atoms with Gasteiger partial charge >= 0.3 is 0 Å². The summed E-state index contributed by atoms with van der Waals surface area (Å²) in [6.45, 7) is 0.0989. The van der Waals surface area contributed by atoms with E-state index in [1.807, 2.05) is 0 Å². The Kier molecular flexibility index (Phi) is 3.95. The molecule has 0 aromatic carbocycles. The predicted molar refractivity (Wildman–Crippen MR) is 51.4 cm³/mol. The van der Waals surface area contributed by atoms with Crippen molar-refractivity contribution in [3.63, 3.8) is 0 Å². The second kappa shape index (κ2) is 5.01. The van der Waals surface area contributed by atoms with Crippen molar-refractivity contribution < 1.29 is 8.78 Å². The summed E-state index contributed by atoms with van der Waals surface area (Å²) in [6, 6.07) is 3.06. The van der Waals surface area contributed by atoms with Crippen molar-refractivity contribution in [1.29, 1.82) is 5.26 Å². The number of alkyl halides is 2. The first-order valence-electron chi connectivity index (χ1n) is 4.13. The van der Waals surface area contributed by atoms with Crippen LogP contribution in [-0.4, -0.2) is 4.98 Å². The molecule has 2 N–H and O–H groups in total. The molecule has 0 aliphatic rings. The minimum Gasteiger partial charge on any atom is -0.325 e. The van der Waals surface area contributed by atoms with Crippen LogP contribution in [0.3, 0.4) is 0 Å². The van der Waals surface area contributed by atoms with E-state index in [0.29, 0.717) is 5.69 Å². The molecule has 0 aliphatic heterocycles. The molecular formula is C9H8ClF2N3. The Morgan fingerprint density at radius 2 is 2.27 bits per heavy atom. The molecule has 0 aliphatic carbocycles. The van der Waals surface area contributed by atoms with Crippen LogP contribution in [-0.2, 0) is 13.0 Å². The molecule has 0 fully saturated rings. The zero-order valence-corrected chi connectivity index (χ0v) is 8.43. The third-order valence-corrected chi connectivity index (χ3v) is 2.13. The highest BCUT2D eigenvalue weighted by molar-refractivity contribution is 6.31. The number of hydrogen-bond acceptors (Lipinski definition) is 3. The van der Waals surface area contributed by atoms with E-state index in [1.165, 1.54) is 6.07 Å². The maximum atomic E-state index is 12.6. The van der Waals surface area contributed by atoms with Crippen LogP contribution in [0.5, 0.6) is 0 Å². The van der Waals surface area contributed by atoms with E-state index in [4.69, 9.17) is 22.6 Å². The number of pyridine rings is 1. The van der Waals surface area contributed by atoms with Gasteiger partial charge in [0.2, 0.25) is 0 Å². The summed E-state index contributed by atoms with van der Waals surface area (Å²) in [5.74, 6) is 0. The lowest BCUT2D eigenvalue weighted by molar-refractivity contribution is 0.150. The molecule has 3 nitrogen and oxygen atoms in total. The number of aromatic nitrogens is 1. The van der Waals surface area contributed by atoms with Gasteiger partial charge in [-0.2, -0.15) is 5.26 Å². The molecule has 0 bridgehead atoms. The number of rotatable bonds is 3. The van der Waals surface area contributed by atoms with Gasteiger partial charge in [0, 0.05) is 6.54 Å². The monoisotopic (exact) mass is 231 g/mol. The quantitative estimate of drug-likeness (QED) is 0.867. The Morgan fingerprint density at radius 1 is 1.60 bits per heavy atom. The summed E-state index contributed by atoms with van der Waals surface area (Å²) in [6.07, 6.45) is -2.94. The highest BCUT2D eigenvalue weighted by Crippen LogP contribution is 2.30. The summed E-state index contributed by atoms with van der Waals surface area (Å²) >= 11 is 5.66. The molecule has 80 valence electrons. The SMILES string of the molecule is N#CCc1nc(CN)cc(Cl)c1C(F)F. The Morgan fingerprint density at radius 3 is 2.73 bits per heavy atom. The maximum absolute atomic E-state index is 12.6. The zero-order chi connectivity index (χ0) is 11.4. The van der Waals surface area contributed by atoms with Crippen LogP contribution in [0.15, 0.2) is 6.07 Å². The predicted octanol–water partition coefficient (Wildman–Crippen LogP) is 2.20. The molecule has 0 amide bonds. The van der Waals surface area contributed by atoms with Crippen molar-refractivity contribution in [3.8, 4) is 6.07 Å². The molecule has 1 aromatic rings. The second-order valence-corrected chi connectivity index (χ2v) is 3.20. The molecule has 0 saturated heterocycles. The normalized spacial score (nSPS) is 10.4. The second-order valence-electron chi connectivity index (χ2n) is 2.80.